The molecule has 0 amide bonds. The van der Waals surface area contributed by atoms with E-state index in [4.69, 9.17) is 9.84 Å². The molecule has 1 unspecified atom stereocenters. The highest BCUT2D eigenvalue weighted by atomic mass is 19.1. The highest BCUT2D eigenvalue weighted by molar-refractivity contribution is 6.09. The Kier molecular flexibility index (Phi) is 9.15. The van der Waals surface area contributed by atoms with E-state index in [1.165, 1.54) is 52.8 Å². The molecule has 5 nitrogen and oxygen atoms in total. The molecule has 1 aliphatic rings. The number of hydrogen-bond acceptors (Lipinski definition) is 3. The Bertz CT molecular complexity index is 2170. The van der Waals surface area contributed by atoms with Crippen LogP contribution >= 0.6 is 0 Å². The fourth-order valence-corrected chi connectivity index (χ4v) is 8.26. The molecule has 0 radical (unpaired) electrons. The smallest absolute Gasteiger partial charge is 0.140 e. The number of ether oxygens (including phenoxy) is 1. The first-order chi connectivity index (χ1) is 23.8. The van der Waals surface area contributed by atoms with Gasteiger partial charge in [0.2, 0.25) is 0 Å². The molecule has 3 heterocycles. The predicted molar refractivity (Wildman–Crippen MR) is 199 cm³/mol. The van der Waals surface area contributed by atoms with Crippen LogP contribution in [0.1, 0.15) is 89.2 Å². The molecule has 3 aromatic carbocycles. The number of hydrogen-bond donors (Lipinski definition) is 0. The van der Waals surface area contributed by atoms with E-state index in [0.29, 0.717) is 29.3 Å². The van der Waals surface area contributed by atoms with Crippen molar-refractivity contribution in [2.24, 2.45) is 11.8 Å². The monoisotopic (exact) mass is 654 g/mol. The number of pyridine rings is 1. The molecule has 0 bridgehead atoms. The number of aromatic nitrogens is 4. The van der Waals surface area contributed by atoms with Crippen molar-refractivity contribution in [2.45, 2.75) is 86.0 Å². The van der Waals surface area contributed by atoms with E-state index >= 15 is 0 Å². The van der Waals surface area contributed by atoms with Gasteiger partial charge in [-0.05, 0) is 92.8 Å². The minimum atomic E-state index is -0.321. The zero-order chi connectivity index (χ0) is 34.2. The summed E-state index contributed by atoms with van der Waals surface area (Å²) in [5.74, 6) is 3.27. The Morgan fingerprint density at radius 2 is 1.69 bits per heavy atom. The van der Waals surface area contributed by atoms with Gasteiger partial charge in [0.1, 0.15) is 23.1 Å². The van der Waals surface area contributed by atoms with Crippen LogP contribution in [0.4, 0.5) is 4.39 Å². The van der Waals surface area contributed by atoms with Gasteiger partial charge in [-0.1, -0.05) is 70.9 Å². The summed E-state index contributed by atoms with van der Waals surface area (Å²) in [6, 6.07) is 23.8. The number of aryl methyl sites for hydroxylation is 2. The highest BCUT2D eigenvalue weighted by Gasteiger charge is 2.32. The Hall–Kier alpha value is -4.71. The van der Waals surface area contributed by atoms with E-state index in [2.05, 4.69) is 87.6 Å². The number of unbranched alkanes of at least 4 members (excludes halogenated alkanes) is 1. The lowest BCUT2D eigenvalue weighted by molar-refractivity contribution is 0.389. The standard InChI is InChI=1S/C43H47FN4O/c1-7-10-13-30-22-32(48-38(9-3)43(37(8-2)46-48)42-28(5)20-27(4)21-29(42)6)25-34(23-30)49-33-16-17-36-35-14-11-12-15-39(35)47(40(36)26-33)41-24-31(44)18-19-45-41/h11-12,14-20,22-27,29,42H,7-10,13,21H2,1-6H3/t27-,29-,42?/m0/s1. The Labute approximate surface area is 289 Å². The van der Waals surface area contributed by atoms with Gasteiger partial charge in [0, 0.05) is 52.3 Å². The quantitative estimate of drug-likeness (QED) is 0.138. The molecule has 0 saturated carbocycles. The highest BCUT2D eigenvalue weighted by Crippen LogP contribution is 2.44. The lowest BCUT2D eigenvalue weighted by Gasteiger charge is -2.33. The van der Waals surface area contributed by atoms with Crippen LogP contribution in [0.5, 0.6) is 11.5 Å². The Balaban J connectivity index is 1.34. The van der Waals surface area contributed by atoms with E-state index in [-0.39, 0.29) is 5.82 Å². The second kappa shape index (κ2) is 13.7. The van der Waals surface area contributed by atoms with E-state index in [0.717, 1.165) is 65.3 Å². The third kappa shape index (κ3) is 6.18. The van der Waals surface area contributed by atoms with Gasteiger partial charge in [-0.3, -0.25) is 4.57 Å². The first-order valence-electron chi connectivity index (χ1n) is 18.1. The number of halogens is 1. The van der Waals surface area contributed by atoms with Crippen LogP contribution in [0.15, 0.2) is 90.6 Å². The molecule has 3 aromatic heterocycles. The van der Waals surface area contributed by atoms with Crippen LogP contribution < -0.4 is 4.74 Å². The largest absolute Gasteiger partial charge is 0.457 e. The third-order valence-corrected chi connectivity index (χ3v) is 10.3. The zero-order valence-corrected chi connectivity index (χ0v) is 29.6. The molecule has 7 rings (SSSR count). The molecular weight excluding hydrogens is 607 g/mol. The Morgan fingerprint density at radius 1 is 0.878 bits per heavy atom. The molecule has 6 heteroatoms. The molecule has 0 saturated heterocycles. The maximum atomic E-state index is 14.4. The maximum absolute atomic E-state index is 14.4. The van der Waals surface area contributed by atoms with Gasteiger partial charge in [-0.25, -0.2) is 14.1 Å². The molecule has 1 aliphatic carbocycles. The predicted octanol–water partition coefficient (Wildman–Crippen LogP) is 11.5. The molecule has 252 valence electrons. The normalized spacial score (nSPS) is 17.9. The minimum Gasteiger partial charge on any atom is -0.457 e. The van der Waals surface area contributed by atoms with Crippen LogP contribution in [-0.4, -0.2) is 19.3 Å². The number of fused-ring (bicyclic) bond motifs is 3. The second-order valence-corrected chi connectivity index (χ2v) is 13.9. The van der Waals surface area contributed by atoms with Gasteiger partial charge in [-0.15, -0.1) is 0 Å². The van der Waals surface area contributed by atoms with Crippen molar-refractivity contribution in [1.82, 2.24) is 19.3 Å². The van der Waals surface area contributed by atoms with Crippen LogP contribution in [-0.2, 0) is 19.3 Å². The average Bonchev–Trinajstić information content (AvgIpc) is 3.62. The van der Waals surface area contributed by atoms with Gasteiger partial charge in [0.25, 0.3) is 0 Å². The van der Waals surface area contributed by atoms with Gasteiger partial charge in [0.05, 0.1) is 22.4 Å². The van der Waals surface area contributed by atoms with Crippen LogP contribution in [0, 0.1) is 17.7 Å². The molecule has 6 aromatic rings. The fourth-order valence-electron chi connectivity index (χ4n) is 8.26. The van der Waals surface area contributed by atoms with Crippen molar-refractivity contribution in [3.05, 3.63) is 119 Å². The molecule has 0 aliphatic heterocycles. The molecule has 0 spiro atoms. The summed E-state index contributed by atoms with van der Waals surface area (Å²) in [4.78, 5) is 4.53. The van der Waals surface area contributed by atoms with Gasteiger partial charge >= 0.3 is 0 Å². The van der Waals surface area contributed by atoms with Gasteiger partial charge in [-0.2, -0.15) is 5.10 Å². The minimum absolute atomic E-state index is 0.321. The number of benzene rings is 3. The third-order valence-electron chi connectivity index (χ3n) is 10.3. The summed E-state index contributed by atoms with van der Waals surface area (Å²) in [6.45, 7) is 13.8. The number of allylic oxidation sites excluding steroid dienone is 2. The molecule has 49 heavy (non-hydrogen) atoms. The first-order valence-corrected chi connectivity index (χ1v) is 18.1. The van der Waals surface area contributed by atoms with Crippen molar-refractivity contribution in [1.29, 1.82) is 0 Å². The zero-order valence-electron chi connectivity index (χ0n) is 29.6. The summed E-state index contributed by atoms with van der Waals surface area (Å²) in [7, 11) is 0. The van der Waals surface area contributed by atoms with Gasteiger partial charge in [0.15, 0.2) is 0 Å². The summed E-state index contributed by atoms with van der Waals surface area (Å²) in [5.41, 5.74) is 9.54. The van der Waals surface area contributed by atoms with Crippen molar-refractivity contribution < 1.29 is 9.13 Å². The van der Waals surface area contributed by atoms with Crippen molar-refractivity contribution >= 4 is 21.8 Å². The first kappa shape index (κ1) is 32.8. The van der Waals surface area contributed by atoms with Crippen LogP contribution in [0.3, 0.4) is 0 Å². The summed E-state index contributed by atoms with van der Waals surface area (Å²) >= 11 is 0. The Morgan fingerprint density at radius 3 is 2.45 bits per heavy atom. The molecule has 0 fully saturated rings. The van der Waals surface area contributed by atoms with E-state index in [9.17, 15) is 4.39 Å². The van der Waals surface area contributed by atoms with Crippen LogP contribution in [0.25, 0.3) is 33.3 Å². The summed E-state index contributed by atoms with van der Waals surface area (Å²) in [6.07, 6.45) is 10.2. The number of nitrogens with zero attached hydrogens (tertiary/aromatic N) is 4. The SMILES string of the molecule is CCCCc1cc(Oc2ccc3c4ccccc4n(-c4cc(F)ccn4)c3c2)cc(-n2nc(CC)c(C3C(C)=C[C@H](C)C[C@@H]3C)c2CC)c1. The number of para-hydroxylation sites is 1. The second-order valence-electron chi connectivity index (χ2n) is 13.9. The van der Waals surface area contributed by atoms with E-state index in [1.54, 1.807) is 0 Å². The molecular formula is C43H47FN4O. The van der Waals surface area contributed by atoms with Crippen molar-refractivity contribution in [3.8, 4) is 23.0 Å². The lowest BCUT2D eigenvalue weighted by atomic mass is 9.72. The topological polar surface area (TPSA) is 44.9 Å². The number of rotatable bonds is 10. The van der Waals surface area contributed by atoms with Gasteiger partial charge < -0.3 is 4.74 Å². The lowest BCUT2D eigenvalue weighted by Crippen LogP contribution is -2.21. The van der Waals surface area contributed by atoms with E-state index < -0.39 is 0 Å². The maximum Gasteiger partial charge on any atom is 0.140 e. The molecule has 0 N–H and O–H groups in total. The van der Waals surface area contributed by atoms with Crippen molar-refractivity contribution in [2.75, 3.05) is 0 Å². The average molecular weight is 655 g/mol. The van der Waals surface area contributed by atoms with Crippen molar-refractivity contribution in [3.63, 3.8) is 0 Å². The fraction of sp³-hybridized carbons (Fsp3) is 0.349. The summed E-state index contributed by atoms with van der Waals surface area (Å²) < 4.78 is 25.3. The molecule has 3 atom stereocenters. The van der Waals surface area contributed by atoms with E-state index in [1.807, 2.05) is 34.9 Å². The van der Waals surface area contributed by atoms with Crippen LogP contribution in [0.2, 0.25) is 0 Å². The summed E-state index contributed by atoms with van der Waals surface area (Å²) in [5, 5.41) is 7.46.